The maximum Gasteiger partial charge on any atom is 0.246 e. The number of hydrogen-bond acceptors (Lipinski definition) is 2. The van der Waals surface area contributed by atoms with Crippen molar-refractivity contribution in [2.24, 2.45) is 10.9 Å². The highest BCUT2D eigenvalue weighted by Crippen LogP contribution is 2.27. The number of anilines is 1. The van der Waals surface area contributed by atoms with E-state index in [-0.39, 0.29) is 6.54 Å². The van der Waals surface area contributed by atoms with E-state index in [1.54, 1.807) is 0 Å². The van der Waals surface area contributed by atoms with Crippen LogP contribution in [0.1, 0.15) is 19.8 Å². The van der Waals surface area contributed by atoms with Crippen molar-refractivity contribution >= 4 is 17.6 Å². The average molecular weight is 328 g/mol. The van der Waals surface area contributed by atoms with Crippen LogP contribution >= 0.6 is 0 Å². The summed E-state index contributed by atoms with van der Waals surface area (Å²) in [5.74, 6) is -3.85. The summed E-state index contributed by atoms with van der Waals surface area (Å²) in [5, 5.41) is 8.26. The topological polar surface area (TPSA) is 65.5 Å². The minimum Gasteiger partial charge on any atom is -0.357 e. The molecule has 1 aromatic carbocycles. The highest BCUT2D eigenvalue weighted by Gasteiger charge is 2.21. The molecule has 126 valence electrons. The van der Waals surface area contributed by atoms with Gasteiger partial charge in [0, 0.05) is 13.1 Å². The van der Waals surface area contributed by atoms with Gasteiger partial charge in [0.1, 0.15) is 6.54 Å². The van der Waals surface area contributed by atoms with Gasteiger partial charge in [0.25, 0.3) is 0 Å². The molecule has 23 heavy (non-hydrogen) atoms. The SMILES string of the molecule is CCNC(=NCC(=O)Nc1ccc(F)c(F)c1F)NCC1CC1. The molecule has 0 radical (unpaired) electrons. The van der Waals surface area contributed by atoms with E-state index < -0.39 is 29.0 Å². The number of nitrogens with zero attached hydrogens (tertiary/aromatic N) is 1. The lowest BCUT2D eigenvalue weighted by Crippen LogP contribution is -2.39. The minimum absolute atomic E-state index is 0.265. The Kier molecular flexibility index (Phi) is 5.84. The van der Waals surface area contributed by atoms with Gasteiger partial charge in [0.2, 0.25) is 5.91 Å². The highest BCUT2D eigenvalue weighted by molar-refractivity contribution is 5.94. The van der Waals surface area contributed by atoms with Gasteiger partial charge < -0.3 is 16.0 Å². The molecule has 1 aliphatic carbocycles. The zero-order valence-corrected chi connectivity index (χ0v) is 12.8. The van der Waals surface area contributed by atoms with Crippen LogP contribution in [0.5, 0.6) is 0 Å². The molecule has 0 aliphatic heterocycles. The molecule has 0 spiro atoms. The number of guanidine groups is 1. The third kappa shape index (κ3) is 5.15. The summed E-state index contributed by atoms with van der Waals surface area (Å²) in [7, 11) is 0. The summed E-state index contributed by atoms with van der Waals surface area (Å²) in [6.45, 7) is 3.05. The Morgan fingerprint density at radius 1 is 1.22 bits per heavy atom. The molecule has 8 heteroatoms. The third-order valence-corrected chi connectivity index (χ3v) is 3.29. The van der Waals surface area contributed by atoms with Gasteiger partial charge in [-0.25, -0.2) is 18.2 Å². The van der Waals surface area contributed by atoms with Crippen LogP contribution in [0.2, 0.25) is 0 Å². The van der Waals surface area contributed by atoms with E-state index in [1.165, 1.54) is 12.8 Å². The molecule has 0 bridgehead atoms. The number of halogens is 3. The summed E-state index contributed by atoms with van der Waals surface area (Å²) < 4.78 is 39.4. The van der Waals surface area contributed by atoms with Gasteiger partial charge in [-0.1, -0.05) is 0 Å². The maximum atomic E-state index is 13.5. The van der Waals surface area contributed by atoms with E-state index in [1.807, 2.05) is 6.92 Å². The van der Waals surface area contributed by atoms with Gasteiger partial charge in [-0.2, -0.15) is 0 Å². The van der Waals surface area contributed by atoms with Crippen molar-refractivity contribution in [2.75, 3.05) is 25.0 Å². The van der Waals surface area contributed by atoms with Gasteiger partial charge in [-0.3, -0.25) is 4.79 Å². The number of nitrogens with one attached hydrogen (secondary N) is 3. The lowest BCUT2D eigenvalue weighted by Gasteiger charge is -2.11. The third-order valence-electron chi connectivity index (χ3n) is 3.29. The fourth-order valence-corrected chi connectivity index (χ4v) is 1.87. The van der Waals surface area contributed by atoms with Crippen LogP contribution in [0.4, 0.5) is 18.9 Å². The smallest absolute Gasteiger partial charge is 0.246 e. The molecule has 5 nitrogen and oxygen atoms in total. The second-order valence-electron chi connectivity index (χ2n) is 5.29. The molecular weight excluding hydrogens is 309 g/mol. The monoisotopic (exact) mass is 328 g/mol. The van der Waals surface area contributed by atoms with E-state index in [0.29, 0.717) is 18.4 Å². The molecule has 1 aliphatic rings. The van der Waals surface area contributed by atoms with E-state index in [2.05, 4.69) is 20.9 Å². The van der Waals surface area contributed by atoms with Gasteiger partial charge in [0.15, 0.2) is 23.4 Å². The fraction of sp³-hybridized carbons (Fsp3) is 0.467. The van der Waals surface area contributed by atoms with Crippen LogP contribution in [-0.4, -0.2) is 31.5 Å². The molecule has 0 atom stereocenters. The van der Waals surface area contributed by atoms with Crippen molar-refractivity contribution in [2.45, 2.75) is 19.8 Å². The number of rotatable bonds is 6. The Bertz CT molecular complexity index is 603. The van der Waals surface area contributed by atoms with Crippen LogP contribution in [0.25, 0.3) is 0 Å². The van der Waals surface area contributed by atoms with Crippen molar-refractivity contribution in [3.05, 3.63) is 29.6 Å². The average Bonchev–Trinajstić information content (AvgIpc) is 3.35. The first kappa shape index (κ1) is 17.1. The summed E-state index contributed by atoms with van der Waals surface area (Å²) in [6.07, 6.45) is 2.37. The summed E-state index contributed by atoms with van der Waals surface area (Å²) in [5.41, 5.74) is -0.417. The number of carbonyl (C=O) groups is 1. The van der Waals surface area contributed by atoms with Crippen LogP contribution in [-0.2, 0) is 4.79 Å². The quantitative estimate of drug-likeness (QED) is 0.425. The predicted molar refractivity (Wildman–Crippen MR) is 81.7 cm³/mol. The molecule has 1 amide bonds. The summed E-state index contributed by atoms with van der Waals surface area (Å²) in [6, 6.07) is 1.71. The van der Waals surface area contributed by atoms with Crippen LogP contribution in [0.15, 0.2) is 17.1 Å². The molecule has 0 aromatic heterocycles. The number of amides is 1. The Morgan fingerprint density at radius 3 is 2.61 bits per heavy atom. The molecule has 0 heterocycles. The molecule has 1 fully saturated rings. The van der Waals surface area contributed by atoms with E-state index in [4.69, 9.17) is 0 Å². The second-order valence-corrected chi connectivity index (χ2v) is 5.29. The van der Waals surface area contributed by atoms with Gasteiger partial charge in [-0.05, 0) is 37.8 Å². The summed E-state index contributed by atoms with van der Waals surface area (Å²) in [4.78, 5) is 15.8. The van der Waals surface area contributed by atoms with Crippen molar-refractivity contribution in [1.82, 2.24) is 10.6 Å². The van der Waals surface area contributed by atoms with E-state index in [0.717, 1.165) is 18.7 Å². The Hall–Kier alpha value is -2.25. The van der Waals surface area contributed by atoms with Crippen molar-refractivity contribution in [3.8, 4) is 0 Å². The predicted octanol–water partition coefficient (Wildman–Crippen LogP) is 2.01. The molecule has 2 rings (SSSR count). The summed E-state index contributed by atoms with van der Waals surface area (Å²) >= 11 is 0. The lowest BCUT2D eigenvalue weighted by atomic mass is 10.3. The molecular formula is C15H19F3N4O. The maximum absolute atomic E-state index is 13.5. The second kappa shape index (κ2) is 7.85. The fourth-order valence-electron chi connectivity index (χ4n) is 1.87. The first-order valence-corrected chi connectivity index (χ1v) is 7.46. The van der Waals surface area contributed by atoms with Crippen molar-refractivity contribution < 1.29 is 18.0 Å². The van der Waals surface area contributed by atoms with Crippen LogP contribution in [0.3, 0.4) is 0 Å². The Balaban J connectivity index is 1.91. The molecule has 1 aromatic rings. The van der Waals surface area contributed by atoms with Gasteiger partial charge in [0.05, 0.1) is 5.69 Å². The Morgan fingerprint density at radius 2 is 1.96 bits per heavy atom. The standard InChI is InChI=1S/C15H19F3N4O/c1-2-19-15(20-7-9-3-4-9)21-8-12(23)22-11-6-5-10(16)13(17)14(11)18/h5-6,9H,2-4,7-8H2,1H3,(H,22,23)(H2,19,20,21). The largest absolute Gasteiger partial charge is 0.357 e. The van der Waals surface area contributed by atoms with Crippen LogP contribution < -0.4 is 16.0 Å². The molecule has 1 saturated carbocycles. The lowest BCUT2D eigenvalue weighted by molar-refractivity contribution is -0.114. The van der Waals surface area contributed by atoms with Crippen molar-refractivity contribution in [1.29, 1.82) is 0 Å². The van der Waals surface area contributed by atoms with E-state index in [9.17, 15) is 18.0 Å². The van der Waals surface area contributed by atoms with E-state index >= 15 is 0 Å². The number of benzene rings is 1. The Labute approximate surface area is 132 Å². The number of carbonyl (C=O) groups excluding carboxylic acids is 1. The van der Waals surface area contributed by atoms with Gasteiger partial charge >= 0.3 is 0 Å². The number of hydrogen-bond donors (Lipinski definition) is 3. The molecule has 0 saturated heterocycles. The van der Waals surface area contributed by atoms with Gasteiger partial charge in [-0.15, -0.1) is 0 Å². The zero-order chi connectivity index (χ0) is 16.8. The first-order chi connectivity index (χ1) is 11.0. The molecule has 3 N–H and O–H groups in total. The zero-order valence-electron chi connectivity index (χ0n) is 12.8. The highest BCUT2D eigenvalue weighted by atomic mass is 19.2. The van der Waals surface area contributed by atoms with Crippen molar-refractivity contribution in [3.63, 3.8) is 0 Å². The number of aliphatic imine (C=N–C) groups is 1. The van der Waals surface area contributed by atoms with Crippen LogP contribution in [0, 0.1) is 23.4 Å². The first-order valence-electron chi connectivity index (χ1n) is 7.46. The normalized spacial score (nSPS) is 14.5. The molecule has 0 unspecified atom stereocenters. The minimum atomic E-state index is -1.62.